The maximum atomic E-state index is 12.5. The van der Waals surface area contributed by atoms with Crippen molar-refractivity contribution < 1.29 is 4.74 Å². The van der Waals surface area contributed by atoms with Gasteiger partial charge >= 0.3 is 0 Å². The second-order valence-electron chi connectivity index (χ2n) is 5.47. The van der Waals surface area contributed by atoms with Crippen molar-refractivity contribution in [3.8, 4) is 5.75 Å². The molecule has 0 radical (unpaired) electrons. The summed E-state index contributed by atoms with van der Waals surface area (Å²) in [6.07, 6.45) is 8.88. The predicted octanol–water partition coefficient (Wildman–Crippen LogP) is 2.27. The molecule has 0 fully saturated rings. The summed E-state index contributed by atoms with van der Waals surface area (Å²) in [6.45, 7) is 0. The number of nitrogens with zero attached hydrogens (tertiary/aromatic N) is 4. The van der Waals surface area contributed by atoms with Gasteiger partial charge in [0.25, 0.3) is 5.56 Å². The lowest BCUT2D eigenvalue weighted by atomic mass is 10.2. The Morgan fingerprint density at radius 3 is 2.50 bits per heavy atom. The molecular weight excluding hydrogens is 348 g/mol. The van der Waals surface area contributed by atoms with Crippen LogP contribution in [0.4, 0.5) is 0 Å². The quantitative estimate of drug-likeness (QED) is 0.557. The topological polar surface area (TPSA) is 69.4 Å². The van der Waals surface area contributed by atoms with Gasteiger partial charge in [-0.3, -0.25) is 9.78 Å². The molecule has 0 atom stereocenters. The van der Waals surface area contributed by atoms with E-state index in [0.29, 0.717) is 15.3 Å². The van der Waals surface area contributed by atoms with E-state index in [9.17, 15) is 4.79 Å². The summed E-state index contributed by atoms with van der Waals surface area (Å²) in [7, 11) is 1.63. The zero-order valence-electron chi connectivity index (χ0n) is 13.9. The lowest BCUT2D eigenvalue weighted by Crippen LogP contribution is -2.23. The maximum Gasteiger partial charge on any atom is 0.291 e. The van der Waals surface area contributed by atoms with Crippen molar-refractivity contribution in [2.45, 2.75) is 0 Å². The van der Waals surface area contributed by atoms with Crippen molar-refractivity contribution in [3.63, 3.8) is 0 Å². The molecule has 0 saturated carbocycles. The highest BCUT2D eigenvalue weighted by molar-refractivity contribution is 7.15. The van der Waals surface area contributed by atoms with Crippen molar-refractivity contribution in [3.05, 3.63) is 80.6 Å². The molecule has 0 amide bonds. The molecule has 0 aliphatic heterocycles. The second kappa shape index (κ2) is 6.89. The van der Waals surface area contributed by atoms with Crippen molar-refractivity contribution in [1.82, 2.24) is 19.6 Å². The van der Waals surface area contributed by atoms with E-state index in [-0.39, 0.29) is 5.56 Å². The number of benzene rings is 1. The van der Waals surface area contributed by atoms with Gasteiger partial charge in [0.15, 0.2) is 5.82 Å². The first-order valence-electron chi connectivity index (χ1n) is 7.86. The van der Waals surface area contributed by atoms with Gasteiger partial charge < -0.3 is 4.74 Å². The molecule has 3 aromatic heterocycles. The first-order chi connectivity index (χ1) is 12.7. The third-order valence-electron chi connectivity index (χ3n) is 3.74. The molecule has 0 unspecified atom stereocenters. The number of methoxy groups -OCH3 is 1. The number of aromatic nitrogens is 4. The summed E-state index contributed by atoms with van der Waals surface area (Å²) in [4.78, 5) is 21.4. The molecule has 0 aliphatic rings. The van der Waals surface area contributed by atoms with Crippen molar-refractivity contribution in [2.24, 2.45) is 0 Å². The zero-order chi connectivity index (χ0) is 17.9. The van der Waals surface area contributed by atoms with Gasteiger partial charge in [0.05, 0.1) is 11.6 Å². The first-order valence-corrected chi connectivity index (χ1v) is 8.68. The first kappa shape index (κ1) is 16.2. The van der Waals surface area contributed by atoms with Crippen LogP contribution in [0.2, 0.25) is 0 Å². The number of hydrogen-bond acceptors (Lipinski definition) is 6. The number of rotatable bonds is 4. The van der Waals surface area contributed by atoms with E-state index in [1.165, 1.54) is 15.9 Å². The Morgan fingerprint density at radius 1 is 1.04 bits per heavy atom. The Balaban J connectivity index is 1.63. The SMILES string of the molecule is COc1ccc(C=Cc2nc3sc(=Cc4ccncc4)c(=O)n3n2)cc1. The van der Waals surface area contributed by atoms with E-state index in [4.69, 9.17) is 4.74 Å². The molecule has 6 nitrogen and oxygen atoms in total. The highest BCUT2D eigenvalue weighted by atomic mass is 32.1. The maximum absolute atomic E-state index is 12.5. The number of ether oxygens (including phenoxy) is 1. The van der Waals surface area contributed by atoms with Crippen LogP contribution >= 0.6 is 11.3 Å². The van der Waals surface area contributed by atoms with Crippen LogP contribution < -0.4 is 14.8 Å². The molecule has 4 rings (SSSR count). The average molecular weight is 362 g/mol. The normalized spacial score (nSPS) is 12.3. The number of pyridine rings is 1. The minimum Gasteiger partial charge on any atom is -0.497 e. The molecule has 128 valence electrons. The van der Waals surface area contributed by atoms with Crippen LogP contribution in [0.5, 0.6) is 5.75 Å². The van der Waals surface area contributed by atoms with Gasteiger partial charge in [-0.05, 0) is 47.5 Å². The standard InChI is InChI=1S/C19H14N4O2S/c1-25-15-5-2-13(3-6-15)4-7-17-21-19-23(22-17)18(24)16(26-19)12-14-8-10-20-11-9-14/h2-12H,1H3. The Morgan fingerprint density at radius 2 is 1.81 bits per heavy atom. The molecule has 3 heterocycles. The van der Waals surface area contributed by atoms with Crippen LogP contribution in [0.1, 0.15) is 17.0 Å². The van der Waals surface area contributed by atoms with E-state index in [2.05, 4.69) is 15.1 Å². The fourth-order valence-electron chi connectivity index (χ4n) is 2.42. The fourth-order valence-corrected chi connectivity index (χ4v) is 3.33. The minimum atomic E-state index is -0.168. The molecule has 0 bridgehead atoms. The van der Waals surface area contributed by atoms with Gasteiger partial charge in [-0.25, -0.2) is 0 Å². The molecule has 0 spiro atoms. The molecule has 0 aliphatic carbocycles. The molecular formula is C19H14N4O2S. The van der Waals surface area contributed by atoms with Crippen LogP contribution in [-0.2, 0) is 0 Å². The molecule has 7 heteroatoms. The van der Waals surface area contributed by atoms with Crippen LogP contribution in [0.15, 0.2) is 53.6 Å². The van der Waals surface area contributed by atoms with E-state index in [1.807, 2.05) is 48.6 Å². The van der Waals surface area contributed by atoms with Gasteiger partial charge in [-0.2, -0.15) is 9.50 Å². The minimum absolute atomic E-state index is 0.168. The number of thiazole rings is 1. The lowest BCUT2D eigenvalue weighted by molar-refractivity contribution is 0.415. The van der Waals surface area contributed by atoms with E-state index < -0.39 is 0 Å². The van der Waals surface area contributed by atoms with Crippen molar-refractivity contribution in [2.75, 3.05) is 7.11 Å². The zero-order valence-corrected chi connectivity index (χ0v) is 14.7. The fraction of sp³-hybridized carbons (Fsp3) is 0.0526. The van der Waals surface area contributed by atoms with Crippen LogP contribution in [0.3, 0.4) is 0 Å². The molecule has 0 N–H and O–H groups in total. The summed E-state index contributed by atoms with van der Waals surface area (Å²) in [5.74, 6) is 1.30. The van der Waals surface area contributed by atoms with E-state index >= 15 is 0 Å². The molecule has 4 aromatic rings. The van der Waals surface area contributed by atoms with Gasteiger partial charge in [-0.15, -0.1) is 5.10 Å². The highest BCUT2D eigenvalue weighted by Crippen LogP contribution is 2.13. The molecule has 1 aromatic carbocycles. The summed E-state index contributed by atoms with van der Waals surface area (Å²) in [6, 6.07) is 11.3. The second-order valence-corrected chi connectivity index (χ2v) is 6.48. The molecule has 0 saturated heterocycles. The van der Waals surface area contributed by atoms with Gasteiger partial charge in [0.2, 0.25) is 4.96 Å². The third kappa shape index (κ3) is 3.25. The van der Waals surface area contributed by atoms with Crippen LogP contribution in [0.25, 0.3) is 23.2 Å². The molecule has 26 heavy (non-hydrogen) atoms. The van der Waals surface area contributed by atoms with Gasteiger partial charge in [0, 0.05) is 12.4 Å². The Labute approximate surface area is 152 Å². The summed E-state index contributed by atoms with van der Waals surface area (Å²) in [5.41, 5.74) is 1.75. The number of fused-ring (bicyclic) bond motifs is 1. The van der Waals surface area contributed by atoms with Crippen LogP contribution in [-0.4, -0.2) is 26.7 Å². The van der Waals surface area contributed by atoms with Crippen molar-refractivity contribution >= 4 is 34.5 Å². The Hall–Kier alpha value is -3.32. The Bertz CT molecular complexity index is 1180. The monoisotopic (exact) mass is 362 g/mol. The van der Waals surface area contributed by atoms with E-state index in [1.54, 1.807) is 25.6 Å². The van der Waals surface area contributed by atoms with Crippen molar-refractivity contribution in [1.29, 1.82) is 0 Å². The predicted molar refractivity (Wildman–Crippen MR) is 102 cm³/mol. The summed E-state index contributed by atoms with van der Waals surface area (Å²) in [5, 5.41) is 4.28. The smallest absolute Gasteiger partial charge is 0.291 e. The summed E-state index contributed by atoms with van der Waals surface area (Å²) < 4.78 is 7.07. The Kier molecular flexibility index (Phi) is 4.28. The number of hydrogen-bond donors (Lipinski definition) is 0. The van der Waals surface area contributed by atoms with Crippen LogP contribution in [0, 0.1) is 0 Å². The van der Waals surface area contributed by atoms with Gasteiger partial charge in [-0.1, -0.05) is 29.5 Å². The average Bonchev–Trinajstić information content (AvgIpc) is 3.20. The third-order valence-corrected chi connectivity index (χ3v) is 4.70. The van der Waals surface area contributed by atoms with Gasteiger partial charge in [0.1, 0.15) is 5.75 Å². The highest BCUT2D eigenvalue weighted by Gasteiger charge is 2.08. The summed E-state index contributed by atoms with van der Waals surface area (Å²) >= 11 is 1.32. The lowest BCUT2D eigenvalue weighted by Gasteiger charge is -1.98. The van der Waals surface area contributed by atoms with E-state index in [0.717, 1.165) is 16.9 Å². The largest absolute Gasteiger partial charge is 0.497 e.